The third kappa shape index (κ3) is 4.75. The van der Waals surface area contributed by atoms with Gasteiger partial charge in [-0.25, -0.2) is 8.42 Å². The number of rotatable bonds is 5. The fraction of sp³-hybridized carbons (Fsp3) is 0.136. The average molecular weight is 408 g/mol. The number of pyridine rings is 1. The van der Waals surface area contributed by atoms with E-state index >= 15 is 0 Å². The van der Waals surface area contributed by atoms with Gasteiger partial charge in [0.05, 0.1) is 23.8 Å². The van der Waals surface area contributed by atoms with Gasteiger partial charge in [0, 0.05) is 24.4 Å². The van der Waals surface area contributed by atoms with Gasteiger partial charge < -0.3 is 9.47 Å². The smallest absolute Gasteiger partial charge is 0.262 e. The van der Waals surface area contributed by atoms with E-state index < -0.39 is 10.0 Å². The highest BCUT2D eigenvalue weighted by Crippen LogP contribution is 2.32. The lowest BCUT2D eigenvalue weighted by Gasteiger charge is -2.12. The Balaban J connectivity index is 1.54. The highest BCUT2D eigenvalue weighted by atomic mass is 32.2. The SMILES string of the molecule is O=S(=O)(Nc1cccc(/C=C/c2ccccn2)c1)c1ccc2c(c1)OCCCO2. The van der Waals surface area contributed by atoms with Crippen molar-refractivity contribution < 1.29 is 17.9 Å². The lowest BCUT2D eigenvalue weighted by molar-refractivity contribution is 0.297. The van der Waals surface area contributed by atoms with E-state index in [0.29, 0.717) is 30.4 Å². The van der Waals surface area contributed by atoms with E-state index in [4.69, 9.17) is 9.47 Å². The van der Waals surface area contributed by atoms with Crippen molar-refractivity contribution >= 4 is 27.9 Å². The molecule has 1 N–H and O–H groups in total. The Morgan fingerprint density at radius 3 is 2.59 bits per heavy atom. The van der Waals surface area contributed by atoms with E-state index in [1.165, 1.54) is 12.1 Å². The van der Waals surface area contributed by atoms with Gasteiger partial charge in [0.2, 0.25) is 0 Å². The third-order valence-corrected chi connectivity index (χ3v) is 5.68. The molecule has 0 unspecified atom stereocenters. The summed E-state index contributed by atoms with van der Waals surface area (Å²) < 4.78 is 39.4. The predicted octanol–water partition coefficient (Wildman–Crippen LogP) is 4.21. The standard InChI is InChI=1S/C22H20N2O4S/c25-29(26,20-10-11-21-22(16-20)28-14-4-13-27-21)24-19-7-3-5-17(15-19)8-9-18-6-1-2-12-23-18/h1-3,5-12,15-16,24H,4,13-14H2/b9-8+. The molecule has 0 fully saturated rings. The molecule has 1 aliphatic rings. The molecular formula is C22H20N2O4S. The van der Waals surface area contributed by atoms with Crippen molar-refractivity contribution in [3.8, 4) is 11.5 Å². The van der Waals surface area contributed by atoms with Crippen LogP contribution in [0.2, 0.25) is 0 Å². The van der Waals surface area contributed by atoms with Crippen molar-refractivity contribution in [1.82, 2.24) is 4.98 Å². The molecule has 148 valence electrons. The second kappa shape index (κ2) is 8.36. The van der Waals surface area contributed by atoms with Gasteiger partial charge in [0.15, 0.2) is 11.5 Å². The number of nitrogens with zero attached hydrogens (tertiary/aromatic N) is 1. The number of benzene rings is 2. The average Bonchev–Trinajstić information content (AvgIpc) is 2.98. The molecule has 3 aromatic rings. The van der Waals surface area contributed by atoms with Crippen LogP contribution in [0.4, 0.5) is 5.69 Å². The molecule has 2 aromatic carbocycles. The van der Waals surface area contributed by atoms with Gasteiger partial charge in [-0.15, -0.1) is 0 Å². The molecule has 0 saturated heterocycles. The number of nitrogens with one attached hydrogen (secondary N) is 1. The number of sulfonamides is 1. The van der Waals surface area contributed by atoms with Gasteiger partial charge >= 0.3 is 0 Å². The van der Waals surface area contributed by atoms with E-state index in [2.05, 4.69) is 9.71 Å². The van der Waals surface area contributed by atoms with Gasteiger partial charge in [-0.05, 0) is 48.0 Å². The van der Waals surface area contributed by atoms with E-state index in [0.717, 1.165) is 17.7 Å². The molecule has 0 aliphatic carbocycles. The second-order valence-corrected chi connectivity index (χ2v) is 8.16. The summed E-state index contributed by atoms with van der Waals surface area (Å²) in [4.78, 5) is 4.36. The van der Waals surface area contributed by atoms with Crippen LogP contribution < -0.4 is 14.2 Å². The monoisotopic (exact) mass is 408 g/mol. The Hall–Kier alpha value is -3.32. The summed E-state index contributed by atoms with van der Waals surface area (Å²) >= 11 is 0. The zero-order valence-electron chi connectivity index (χ0n) is 15.6. The van der Waals surface area contributed by atoms with Crippen molar-refractivity contribution in [3.05, 3.63) is 78.1 Å². The van der Waals surface area contributed by atoms with Crippen LogP contribution in [-0.2, 0) is 10.0 Å². The first kappa shape index (κ1) is 19.0. The second-order valence-electron chi connectivity index (χ2n) is 6.48. The fourth-order valence-electron chi connectivity index (χ4n) is 2.89. The van der Waals surface area contributed by atoms with Crippen LogP contribution in [0.25, 0.3) is 12.2 Å². The van der Waals surface area contributed by atoms with Crippen LogP contribution in [0.1, 0.15) is 17.7 Å². The van der Waals surface area contributed by atoms with Crippen LogP contribution in [0, 0.1) is 0 Å². The zero-order valence-corrected chi connectivity index (χ0v) is 16.4. The molecule has 0 bridgehead atoms. The molecule has 0 spiro atoms. The van der Waals surface area contributed by atoms with Gasteiger partial charge in [-0.1, -0.05) is 24.3 Å². The number of hydrogen-bond donors (Lipinski definition) is 1. The molecule has 29 heavy (non-hydrogen) atoms. The summed E-state index contributed by atoms with van der Waals surface area (Å²) in [5.74, 6) is 1.00. The minimum atomic E-state index is -3.76. The van der Waals surface area contributed by atoms with E-state index in [1.54, 1.807) is 30.5 Å². The van der Waals surface area contributed by atoms with Crippen LogP contribution in [-0.4, -0.2) is 26.6 Å². The molecule has 0 radical (unpaired) electrons. The minimum Gasteiger partial charge on any atom is -0.490 e. The summed E-state index contributed by atoms with van der Waals surface area (Å²) in [6, 6.07) is 17.5. The van der Waals surface area contributed by atoms with Crippen LogP contribution in [0.5, 0.6) is 11.5 Å². The molecule has 0 atom stereocenters. The lowest BCUT2D eigenvalue weighted by Crippen LogP contribution is -2.13. The minimum absolute atomic E-state index is 0.121. The van der Waals surface area contributed by atoms with E-state index in [-0.39, 0.29) is 4.90 Å². The van der Waals surface area contributed by atoms with E-state index in [9.17, 15) is 8.42 Å². The molecule has 1 aromatic heterocycles. The van der Waals surface area contributed by atoms with Crippen molar-refractivity contribution in [2.75, 3.05) is 17.9 Å². The maximum atomic E-state index is 12.8. The largest absolute Gasteiger partial charge is 0.490 e. The Morgan fingerprint density at radius 1 is 0.897 bits per heavy atom. The molecule has 1 aliphatic heterocycles. The maximum Gasteiger partial charge on any atom is 0.262 e. The number of aromatic nitrogens is 1. The highest BCUT2D eigenvalue weighted by Gasteiger charge is 2.19. The number of hydrogen-bond acceptors (Lipinski definition) is 5. The Kier molecular flexibility index (Phi) is 5.48. The molecule has 4 rings (SSSR count). The van der Waals surface area contributed by atoms with Crippen LogP contribution in [0.15, 0.2) is 71.8 Å². The molecule has 0 amide bonds. The summed E-state index contributed by atoms with van der Waals surface area (Å²) in [6.07, 6.45) is 6.23. The molecular weight excluding hydrogens is 388 g/mol. The topological polar surface area (TPSA) is 77.5 Å². The van der Waals surface area contributed by atoms with Crippen molar-refractivity contribution in [3.63, 3.8) is 0 Å². The fourth-order valence-corrected chi connectivity index (χ4v) is 3.95. The van der Waals surface area contributed by atoms with Gasteiger partial charge in [0.1, 0.15) is 0 Å². The quantitative estimate of drug-likeness (QED) is 0.684. The number of ether oxygens (including phenoxy) is 2. The van der Waals surface area contributed by atoms with Gasteiger partial charge in [-0.3, -0.25) is 9.71 Å². The van der Waals surface area contributed by atoms with Crippen LogP contribution in [0.3, 0.4) is 0 Å². The molecule has 2 heterocycles. The number of anilines is 1. The normalized spacial score (nSPS) is 13.8. The van der Waals surface area contributed by atoms with E-state index in [1.807, 2.05) is 36.4 Å². The van der Waals surface area contributed by atoms with Crippen molar-refractivity contribution in [1.29, 1.82) is 0 Å². The Bertz CT molecular complexity index is 1130. The van der Waals surface area contributed by atoms with Crippen molar-refractivity contribution in [2.45, 2.75) is 11.3 Å². The van der Waals surface area contributed by atoms with Crippen LogP contribution >= 0.6 is 0 Å². The van der Waals surface area contributed by atoms with Gasteiger partial charge in [0.25, 0.3) is 10.0 Å². The first-order valence-corrected chi connectivity index (χ1v) is 10.7. The Labute approximate surface area is 169 Å². The molecule has 6 nitrogen and oxygen atoms in total. The molecule has 7 heteroatoms. The summed E-state index contributed by atoms with van der Waals surface area (Å²) in [7, 11) is -3.76. The zero-order chi connectivity index (χ0) is 20.1. The first-order chi connectivity index (χ1) is 14.1. The first-order valence-electron chi connectivity index (χ1n) is 9.22. The summed E-state index contributed by atoms with van der Waals surface area (Å²) in [5, 5.41) is 0. The van der Waals surface area contributed by atoms with Gasteiger partial charge in [-0.2, -0.15) is 0 Å². The summed E-state index contributed by atoms with van der Waals surface area (Å²) in [6.45, 7) is 1.05. The summed E-state index contributed by atoms with van der Waals surface area (Å²) in [5.41, 5.74) is 2.15. The third-order valence-electron chi connectivity index (χ3n) is 4.30. The highest BCUT2D eigenvalue weighted by molar-refractivity contribution is 7.92. The molecule has 0 saturated carbocycles. The Morgan fingerprint density at radius 2 is 1.76 bits per heavy atom. The lowest BCUT2D eigenvalue weighted by atomic mass is 10.2. The number of fused-ring (bicyclic) bond motifs is 1. The predicted molar refractivity (Wildman–Crippen MR) is 112 cm³/mol. The van der Waals surface area contributed by atoms with Crippen molar-refractivity contribution in [2.24, 2.45) is 0 Å². The maximum absolute atomic E-state index is 12.8.